The van der Waals surface area contributed by atoms with Crippen LogP contribution in [0.1, 0.15) is 36.2 Å². The number of amides is 2. The van der Waals surface area contributed by atoms with E-state index in [1.807, 2.05) is 13.8 Å². The zero-order valence-electron chi connectivity index (χ0n) is 23.5. The first-order chi connectivity index (χ1) is 20.4. The highest BCUT2D eigenvalue weighted by Crippen LogP contribution is 2.27. The fourth-order valence-corrected chi connectivity index (χ4v) is 4.39. The van der Waals surface area contributed by atoms with Crippen molar-refractivity contribution in [3.63, 3.8) is 0 Å². The Hall–Kier alpha value is -4.33. The smallest absolute Gasteiger partial charge is 0.422 e. The van der Waals surface area contributed by atoms with Gasteiger partial charge in [0.25, 0.3) is 5.91 Å². The van der Waals surface area contributed by atoms with Gasteiger partial charge in [-0.05, 0) is 53.8 Å². The van der Waals surface area contributed by atoms with Gasteiger partial charge in [0, 0.05) is 37.4 Å². The van der Waals surface area contributed by atoms with Crippen LogP contribution in [0.3, 0.4) is 0 Å². The normalized spacial score (nSPS) is 16.2. The molecular weight excluding hydrogens is 591 g/mol. The number of carbonyl (C=O) groups excluding carboxylic acids is 2. The molecule has 15 heteroatoms. The van der Waals surface area contributed by atoms with Gasteiger partial charge in [-0.3, -0.25) is 9.59 Å². The number of nitrogens with zero attached hydrogens (tertiary/aromatic N) is 4. The van der Waals surface area contributed by atoms with E-state index in [2.05, 4.69) is 30.9 Å². The minimum absolute atomic E-state index is 0.0427. The van der Waals surface area contributed by atoms with Crippen molar-refractivity contribution in [2.24, 2.45) is 5.41 Å². The average Bonchev–Trinajstić information content (AvgIpc) is 2.95. The maximum atomic E-state index is 12.8. The second-order valence-corrected chi connectivity index (χ2v) is 11.0. The Morgan fingerprint density at radius 3 is 2.53 bits per heavy atom. The maximum Gasteiger partial charge on any atom is 0.422 e. The van der Waals surface area contributed by atoms with E-state index in [4.69, 9.17) is 21.1 Å². The van der Waals surface area contributed by atoms with Gasteiger partial charge in [-0.2, -0.15) is 28.1 Å². The lowest BCUT2D eigenvalue weighted by atomic mass is 9.92. The van der Waals surface area contributed by atoms with Gasteiger partial charge in [0.15, 0.2) is 6.61 Å². The van der Waals surface area contributed by atoms with Crippen molar-refractivity contribution in [3.8, 4) is 11.8 Å². The molecule has 0 saturated heterocycles. The summed E-state index contributed by atoms with van der Waals surface area (Å²) in [5, 5.41) is 9.09. The number of rotatable bonds is 3. The molecule has 0 unspecified atom stereocenters. The summed E-state index contributed by atoms with van der Waals surface area (Å²) >= 11 is 6.41. The summed E-state index contributed by atoms with van der Waals surface area (Å²) in [5.41, 5.74) is 1.16. The van der Waals surface area contributed by atoms with Crippen molar-refractivity contribution in [2.45, 2.75) is 33.0 Å². The van der Waals surface area contributed by atoms with Crippen molar-refractivity contribution < 1.29 is 32.2 Å². The number of hydrogen-bond donors (Lipinski definition) is 3. The van der Waals surface area contributed by atoms with Crippen LogP contribution in [0.2, 0.25) is 5.02 Å². The zero-order valence-corrected chi connectivity index (χ0v) is 24.3. The van der Waals surface area contributed by atoms with Crippen molar-refractivity contribution in [1.29, 1.82) is 0 Å². The van der Waals surface area contributed by atoms with Crippen LogP contribution < -0.4 is 25.4 Å². The third-order valence-corrected chi connectivity index (χ3v) is 6.48. The molecular formula is C28H31ClF3N7O4. The molecule has 5 heterocycles. The molecule has 230 valence electrons. The number of benzene rings is 2. The first-order valence-corrected chi connectivity index (χ1v) is 13.7. The van der Waals surface area contributed by atoms with Crippen LogP contribution in [0.25, 0.3) is 0 Å². The Morgan fingerprint density at radius 2 is 1.84 bits per heavy atom. The summed E-state index contributed by atoms with van der Waals surface area (Å²) in [6.07, 6.45) is -3.25. The Kier molecular flexibility index (Phi) is 10.1. The van der Waals surface area contributed by atoms with E-state index in [-0.39, 0.29) is 24.3 Å². The van der Waals surface area contributed by atoms with E-state index < -0.39 is 24.2 Å². The van der Waals surface area contributed by atoms with E-state index in [1.165, 1.54) is 0 Å². The maximum absolute atomic E-state index is 12.8. The lowest BCUT2D eigenvalue weighted by molar-refractivity contribution is -0.154. The molecule has 0 aliphatic carbocycles. The molecule has 2 aromatic carbocycles. The van der Waals surface area contributed by atoms with E-state index in [0.29, 0.717) is 54.7 Å². The molecule has 0 saturated carbocycles. The van der Waals surface area contributed by atoms with Gasteiger partial charge in [-0.1, -0.05) is 31.5 Å². The Bertz CT molecular complexity index is 1420. The number of anilines is 3. The average molecular weight is 622 g/mol. The Labute approximate surface area is 251 Å². The van der Waals surface area contributed by atoms with Gasteiger partial charge in [0.05, 0.1) is 11.6 Å². The van der Waals surface area contributed by atoms with Gasteiger partial charge in [0.1, 0.15) is 5.75 Å². The quantitative estimate of drug-likeness (QED) is 0.352. The van der Waals surface area contributed by atoms with Gasteiger partial charge in [0.2, 0.25) is 18.3 Å². The van der Waals surface area contributed by atoms with Gasteiger partial charge in [-0.15, -0.1) is 0 Å². The fraction of sp³-hybridized carbons (Fsp3) is 0.393. The van der Waals surface area contributed by atoms with Gasteiger partial charge in [-0.25, -0.2) is 0 Å². The molecule has 2 amide bonds. The summed E-state index contributed by atoms with van der Waals surface area (Å²) in [7, 11) is 0. The van der Waals surface area contributed by atoms with Crippen LogP contribution in [0.5, 0.6) is 11.8 Å². The number of carbonyl (C=O) groups is 2. The first-order valence-electron chi connectivity index (χ1n) is 13.3. The summed E-state index contributed by atoms with van der Waals surface area (Å²) in [5.74, 6) is 0.0291. The zero-order chi connectivity index (χ0) is 31.0. The van der Waals surface area contributed by atoms with Crippen LogP contribution in [0, 0.1) is 5.41 Å². The van der Waals surface area contributed by atoms with E-state index in [1.54, 1.807) is 47.4 Å². The van der Waals surface area contributed by atoms with Crippen molar-refractivity contribution >= 4 is 41.5 Å². The molecule has 1 aromatic heterocycles. The second kappa shape index (κ2) is 13.8. The first kappa shape index (κ1) is 31.6. The van der Waals surface area contributed by atoms with E-state index >= 15 is 0 Å². The van der Waals surface area contributed by atoms with Crippen molar-refractivity contribution in [3.05, 3.63) is 58.6 Å². The number of ether oxygens (including phenoxy) is 2. The molecule has 6 bridgehead atoms. The highest BCUT2D eigenvalue weighted by molar-refractivity contribution is 6.32. The van der Waals surface area contributed by atoms with Crippen LogP contribution in [0.4, 0.5) is 30.8 Å². The van der Waals surface area contributed by atoms with Gasteiger partial charge < -0.3 is 30.3 Å². The third-order valence-electron chi connectivity index (χ3n) is 6.18. The van der Waals surface area contributed by atoms with E-state index in [0.717, 1.165) is 12.0 Å². The van der Waals surface area contributed by atoms with Crippen molar-refractivity contribution in [2.75, 3.05) is 43.5 Å². The molecule has 43 heavy (non-hydrogen) atoms. The number of nitrogens with one attached hydrogen (secondary N) is 3. The van der Waals surface area contributed by atoms with Crippen molar-refractivity contribution in [1.82, 2.24) is 25.2 Å². The molecule has 7 rings (SSSR count). The van der Waals surface area contributed by atoms with Crippen LogP contribution in [-0.2, 0) is 11.3 Å². The molecule has 4 aliphatic rings. The number of aromatic nitrogens is 3. The SMILES string of the molecule is CC1(C)CNC(=O)c2ccc(cc2)Nc2nc(nc(OCC(F)(F)F)n2)NCc2ccc(c(Cl)c2)OCCCN(C=O)C1. The highest BCUT2D eigenvalue weighted by Gasteiger charge is 2.29. The second-order valence-electron chi connectivity index (χ2n) is 10.6. The number of hydrogen-bond acceptors (Lipinski definition) is 9. The predicted molar refractivity (Wildman–Crippen MR) is 154 cm³/mol. The minimum Gasteiger partial charge on any atom is -0.492 e. The Balaban J connectivity index is 1.60. The Morgan fingerprint density at radius 1 is 1.09 bits per heavy atom. The van der Waals surface area contributed by atoms with Crippen LogP contribution in [0.15, 0.2) is 42.5 Å². The molecule has 11 nitrogen and oxygen atoms in total. The predicted octanol–water partition coefficient (Wildman–Crippen LogP) is 4.82. The molecule has 0 spiro atoms. The summed E-state index contributed by atoms with van der Waals surface area (Å²) < 4.78 is 48.9. The topological polar surface area (TPSA) is 131 Å². The monoisotopic (exact) mass is 621 g/mol. The lowest BCUT2D eigenvalue weighted by Gasteiger charge is -2.30. The van der Waals surface area contributed by atoms with Gasteiger partial charge >= 0.3 is 12.2 Å². The molecule has 0 radical (unpaired) electrons. The molecule has 0 atom stereocenters. The number of halogens is 4. The van der Waals surface area contributed by atoms with Crippen LogP contribution in [-0.4, -0.2) is 71.2 Å². The molecule has 3 N–H and O–H groups in total. The molecule has 3 aromatic rings. The standard InChI is InChI=1S/C28H31ClF3N7O4/c1-27(2)14-34-23(41)19-5-7-20(8-6-19)35-25-36-24(37-26(38-25)43-16-28(30,31)32)33-13-18-4-9-22(21(29)12-18)42-11-3-10-39(15-27)17-40/h4-9,12,17H,3,10-11,13-16H2,1-2H3,(H,34,41)(H2,33,35,36,37,38). The summed E-state index contributed by atoms with van der Waals surface area (Å²) in [6.45, 7) is 4.00. The lowest BCUT2D eigenvalue weighted by Crippen LogP contribution is -2.42. The largest absolute Gasteiger partial charge is 0.492 e. The molecule has 0 fully saturated rings. The fourth-order valence-electron chi connectivity index (χ4n) is 4.14. The number of alkyl halides is 3. The third kappa shape index (κ3) is 9.87. The summed E-state index contributed by atoms with van der Waals surface area (Å²) in [6, 6.07) is 11.0. The van der Waals surface area contributed by atoms with Crippen LogP contribution >= 0.6 is 11.6 Å². The highest BCUT2D eigenvalue weighted by atomic mass is 35.5. The van der Waals surface area contributed by atoms with E-state index in [9.17, 15) is 22.8 Å². The minimum atomic E-state index is -4.59. The molecule has 4 aliphatic heterocycles. The summed E-state index contributed by atoms with van der Waals surface area (Å²) in [4.78, 5) is 38.3.